The molecular formula is C15H27N5O. The van der Waals surface area contributed by atoms with Crippen LogP contribution in [0.3, 0.4) is 0 Å². The Labute approximate surface area is 126 Å². The van der Waals surface area contributed by atoms with Crippen molar-refractivity contribution in [2.75, 3.05) is 26.2 Å². The highest BCUT2D eigenvalue weighted by Gasteiger charge is 2.25. The van der Waals surface area contributed by atoms with E-state index >= 15 is 0 Å². The molecule has 0 saturated carbocycles. The van der Waals surface area contributed by atoms with Gasteiger partial charge >= 0.3 is 0 Å². The molecule has 2 heterocycles. The van der Waals surface area contributed by atoms with Gasteiger partial charge in [-0.15, -0.1) is 0 Å². The molecule has 0 unspecified atom stereocenters. The number of hydrogen-bond acceptors (Lipinski definition) is 4. The van der Waals surface area contributed by atoms with Crippen molar-refractivity contribution in [1.29, 1.82) is 0 Å². The Morgan fingerprint density at radius 3 is 2.67 bits per heavy atom. The average Bonchev–Trinajstić information content (AvgIpc) is 2.90. The molecule has 21 heavy (non-hydrogen) atoms. The van der Waals surface area contributed by atoms with E-state index in [-0.39, 0.29) is 11.9 Å². The minimum Gasteiger partial charge on any atom is -0.339 e. The van der Waals surface area contributed by atoms with Gasteiger partial charge in [-0.2, -0.15) is 0 Å². The van der Waals surface area contributed by atoms with Crippen molar-refractivity contribution in [3.63, 3.8) is 0 Å². The van der Waals surface area contributed by atoms with Crippen LogP contribution in [0.4, 0.5) is 0 Å². The standard InChI is InChI=1S/C15H27N5O/c1-3-4-5-13(16)15(21)20-10-8-19(9-11-20)12-14-17-6-7-18(14)2/h6-7,13H,3-5,8-12,16H2,1-2H3/t13-/m1/s1. The largest absolute Gasteiger partial charge is 0.339 e. The van der Waals surface area contributed by atoms with E-state index in [1.54, 1.807) is 0 Å². The monoisotopic (exact) mass is 293 g/mol. The van der Waals surface area contributed by atoms with E-state index in [0.29, 0.717) is 0 Å². The molecule has 1 fully saturated rings. The Hall–Kier alpha value is -1.40. The Morgan fingerprint density at radius 2 is 2.10 bits per heavy atom. The zero-order valence-electron chi connectivity index (χ0n) is 13.2. The van der Waals surface area contributed by atoms with Crippen molar-refractivity contribution in [2.45, 2.75) is 38.8 Å². The fourth-order valence-electron chi connectivity index (χ4n) is 2.66. The first kappa shape index (κ1) is 16.0. The highest BCUT2D eigenvalue weighted by atomic mass is 16.2. The molecule has 1 atom stereocenters. The summed E-state index contributed by atoms with van der Waals surface area (Å²) in [5.41, 5.74) is 5.98. The number of aryl methyl sites for hydroxylation is 1. The van der Waals surface area contributed by atoms with Gasteiger partial charge in [0.15, 0.2) is 0 Å². The van der Waals surface area contributed by atoms with Gasteiger partial charge in [-0.1, -0.05) is 19.8 Å². The number of amides is 1. The normalized spacial score (nSPS) is 18.0. The van der Waals surface area contributed by atoms with Crippen LogP contribution in [0, 0.1) is 0 Å². The van der Waals surface area contributed by atoms with Crippen LogP contribution in [0.2, 0.25) is 0 Å². The van der Waals surface area contributed by atoms with Crippen molar-refractivity contribution in [3.05, 3.63) is 18.2 Å². The van der Waals surface area contributed by atoms with Crippen LogP contribution in [0.25, 0.3) is 0 Å². The summed E-state index contributed by atoms with van der Waals surface area (Å²) in [5.74, 6) is 1.18. The van der Waals surface area contributed by atoms with Gasteiger partial charge < -0.3 is 15.2 Å². The number of nitrogens with zero attached hydrogens (tertiary/aromatic N) is 4. The maximum Gasteiger partial charge on any atom is 0.239 e. The third kappa shape index (κ3) is 4.28. The van der Waals surface area contributed by atoms with Gasteiger partial charge in [-0.25, -0.2) is 4.98 Å². The Bertz CT molecular complexity index is 451. The molecule has 2 rings (SSSR count). The van der Waals surface area contributed by atoms with Crippen molar-refractivity contribution < 1.29 is 4.79 Å². The second-order valence-electron chi connectivity index (χ2n) is 5.80. The lowest BCUT2D eigenvalue weighted by atomic mass is 10.1. The van der Waals surface area contributed by atoms with Gasteiger partial charge in [0.25, 0.3) is 0 Å². The summed E-state index contributed by atoms with van der Waals surface area (Å²) in [6.45, 7) is 6.27. The van der Waals surface area contributed by atoms with E-state index in [9.17, 15) is 4.79 Å². The summed E-state index contributed by atoms with van der Waals surface area (Å²) in [4.78, 5) is 20.8. The second-order valence-corrected chi connectivity index (χ2v) is 5.80. The minimum atomic E-state index is -0.328. The number of piperazine rings is 1. The summed E-state index contributed by atoms with van der Waals surface area (Å²) in [5, 5.41) is 0. The molecule has 1 aliphatic heterocycles. The molecule has 0 spiro atoms. The first-order valence-electron chi connectivity index (χ1n) is 7.84. The Balaban J connectivity index is 1.77. The van der Waals surface area contributed by atoms with Gasteiger partial charge in [0.1, 0.15) is 5.82 Å². The number of carbonyl (C=O) groups excluding carboxylic acids is 1. The number of unbranched alkanes of at least 4 members (excludes halogenated alkanes) is 1. The van der Waals surface area contributed by atoms with Crippen molar-refractivity contribution in [2.24, 2.45) is 12.8 Å². The van der Waals surface area contributed by atoms with Crippen LogP contribution in [0.5, 0.6) is 0 Å². The van der Waals surface area contributed by atoms with Crippen LogP contribution in [-0.2, 0) is 18.4 Å². The van der Waals surface area contributed by atoms with Gasteiger partial charge in [0, 0.05) is 45.6 Å². The van der Waals surface area contributed by atoms with Crippen LogP contribution >= 0.6 is 0 Å². The fourth-order valence-corrected chi connectivity index (χ4v) is 2.66. The Morgan fingerprint density at radius 1 is 1.38 bits per heavy atom. The van der Waals surface area contributed by atoms with E-state index in [0.717, 1.165) is 57.8 Å². The number of hydrogen-bond donors (Lipinski definition) is 1. The Kier molecular flexibility index (Phi) is 5.76. The predicted octanol–water partition coefficient (Wildman–Crippen LogP) is 0.582. The molecule has 6 heteroatoms. The molecule has 1 saturated heterocycles. The average molecular weight is 293 g/mol. The molecule has 6 nitrogen and oxygen atoms in total. The maximum atomic E-state index is 12.2. The van der Waals surface area contributed by atoms with E-state index in [4.69, 9.17) is 5.73 Å². The molecular weight excluding hydrogens is 266 g/mol. The first-order chi connectivity index (χ1) is 10.1. The lowest BCUT2D eigenvalue weighted by Crippen LogP contribution is -2.53. The smallest absolute Gasteiger partial charge is 0.239 e. The quantitative estimate of drug-likeness (QED) is 0.833. The van der Waals surface area contributed by atoms with E-state index < -0.39 is 0 Å². The van der Waals surface area contributed by atoms with E-state index in [1.807, 2.05) is 28.9 Å². The van der Waals surface area contributed by atoms with Crippen LogP contribution in [0.1, 0.15) is 32.0 Å². The third-order valence-electron chi connectivity index (χ3n) is 4.16. The molecule has 0 aromatic carbocycles. The molecule has 0 radical (unpaired) electrons. The second kappa shape index (κ2) is 7.56. The van der Waals surface area contributed by atoms with Crippen molar-refractivity contribution in [1.82, 2.24) is 19.4 Å². The van der Waals surface area contributed by atoms with Crippen LogP contribution in [0.15, 0.2) is 12.4 Å². The molecule has 118 valence electrons. The predicted molar refractivity (Wildman–Crippen MR) is 82.6 cm³/mol. The highest BCUT2D eigenvalue weighted by molar-refractivity contribution is 5.81. The van der Waals surface area contributed by atoms with Gasteiger partial charge in [0.05, 0.1) is 12.6 Å². The summed E-state index contributed by atoms with van der Waals surface area (Å²) < 4.78 is 2.04. The van der Waals surface area contributed by atoms with Crippen LogP contribution < -0.4 is 5.73 Å². The SMILES string of the molecule is CCCC[C@@H](N)C(=O)N1CCN(Cc2nccn2C)CC1. The van der Waals surface area contributed by atoms with E-state index in [1.165, 1.54) is 0 Å². The van der Waals surface area contributed by atoms with Crippen LogP contribution in [-0.4, -0.2) is 57.5 Å². The highest BCUT2D eigenvalue weighted by Crippen LogP contribution is 2.09. The zero-order valence-corrected chi connectivity index (χ0v) is 13.2. The fraction of sp³-hybridized carbons (Fsp3) is 0.733. The topological polar surface area (TPSA) is 67.4 Å². The number of imidazole rings is 1. The third-order valence-corrected chi connectivity index (χ3v) is 4.16. The minimum absolute atomic E-state index is 0.111. The summed E-state index contributed by atoms with van der Waals surface area (Å²) in [6.07, 6.45) is 6.68. The molecule has 0 aliphatic carbocycles. The lowest BCUT2D eigenvalue weighted by Gasteiger charge is -2.35. The molecule has 1 aromatic rings. The maximum absolute atomic E-state index is 12.2. The van der Waals surface area contributed by atoms with Gasteiger partial charge in [0.2, 0.25) is 5.91 Å². The number of carbonyl (C=O) groups is 1. The van der Waals surface area contributed by atoms with Crippen molar-refractivity contribution >= 4 is 5.91 Å². The summed E-state index contributed by atoms with van der Waals surface area (Å²) in [6, 6.07) is -0.328. The number of aromatic nitrogens is 2. The number of nitrogens with two attached hydrogens (primary N) is 1. The van der Waals surface area contributed by atoms with Gasteiger partial charge in [-0.3, -0.25) is 9.69 Å². The summed E-state index contributed by atoms with van der Waals surface area (Å²) >= 11 is 0. The molecule has 1 amide bonds. The van der Waals surface area contributed by atoms with E-state index in [2.05, 4.69) is 16.8 Å². The first-order valence-corrected chi connectivity index (χ1v) is 7.84. The zero-order chi connectivity index (χ0) is 15.2. The van der Waals surface area contributed by atoms with Gasteiger partial charge in [-0.05, 0) is 6.42 Å². The number of rotatable bonds is 6. The summed E-state index contributed by atoms with van der Waals surface area (Å²) in [7, 11) is 2.01. The lowest BCUT2D eigenvalue weighted by molar-refractivity contribution is -0.134. The molecule has 1 aliphatic rings. The van der Waals surface area contributed by atoms with Crippen molar-refractivity contribution in [3.8, 4) is 0 Å². The molecule has 2 N–H and O–H groups in total. The molecule has 1 aromatic heterocycles. The molecule has 0 bridgehead atoms.